The summed E-state index contributed by atoms with van der Waals surface area (Å²) in [6.45, 7) is 0. The van der Waals surface area contributed by atoms with Crippen molar-refractivity contribution in [1.29, 1.82) is 0 Å². The first-order valence-electron chi connectivity index (χ1n) is 5.35. The van der Waals surface area contributed by atoms with Crippen LogP contribution in [0.3, 0.4) is 0 Å². The van der Waals surface area contributed by atoms with Gasteiger partial charge < -0.3 is 16.5 Å². The van der Waals surface area contributed by atoms with Crippen LogP contribution in [0.1, 0.15) is 16.5 Å². The van der Waals surface area contributed by atoms with Crippen molar-refractivity contribution in [2.45, 2.75) is 12.5 Å². The molecule has 0 bridgehead atoms. The fourth-order valence-corrected chi connectivity index (χ4v) is 2.61. The summed E-state index contributed by atoms with van der Waals surface area (Å²) in [5.41, 5.74) is 8.03. The van der Waals surface area contributed by atoms with E-state index in [-0.39, 0.29) is 30.3 Å². The molecule has 0 radical (unpaired) electrons. The van der Waals surface area contributed by atoms with Crippen LogP contribution in [0.5, 0.6) is 0 Å². The van der Waals surface area contributed by atoms with Crippen LogP contribution in [0, 0.1) is 0 Å². The summed E-state index contributed by atoms with van der Waals surface area (Å²) in [6.07, 6.45) is 0.934. The van der Waals surface area contributed by atoms with E-state index in [9.17, 15) is 0 Å². The van der Waals surface area contributed by atoms with Gasteiger partial charge in [0.25, 0.3) is 0 Å². The van der Waals surface area contributed by atoms with Crippen molar-refractivity contribution < 1.29 is 5.48 Å². The smallest absolute Gasteiger partial charge is 0.0454 e. The molecule has 0 saturated heterocycles. The molecule has 0 amide bonds. The van der Waals surface area contributed by atoms with E-state index < -0.39 is 0 Å². The molecule has 2 aromatic rings. The molecule has 0 saturated carbocycles. The molecule has 1 aromatic carbocycles. The molecule has 1 aromatic heterocycles. The second-order valence-corrected chi connectivity index (χ2v) is 4.74. The van der Waals surface area contributed by atoms with Gasteiger partial charge in [-0.1, -0.05) is 24.3 Å². The van der Waals surface area contributed by atoms with E-state index in [0.717, 1.165) is 12.1 Å². The number of rotatable bonds is 4. The maximum Gasteiger partial charge on any atom is 0.0454 e. The van der Waals surface area contributed by atoms with Gasteiger partial charge in [0, 0.05) is 16.6 Å². The topological polar surface area (TPSA) is 69.5 Å². The minimum Gasteiger partial charge on any atom is -0.412 e. The third kappa shape index (κ3) is 5.38. The quantitative estimate of drug-likeness (QED) is 0.850. The fourth-order valence-electron chi connectivity index (χ4n) is 1.77. The van der Waals surface area contributed by atoms with E-state index in [0.29, 0.717) is 6.04 Å². The Hall–Kier alpha value is -0.780. The number of thiophene rings is 1. The average Bonchev–Trinajstić information content (AvgIpc) is 2.81. The fraction of sp³-hybridized carbons (Fsp3) is 0.231. The van der Waals surface area contributed by atoms with Gasteiger partial charge in [-0.05, 0) is 36.5 Å². The zero-order chi connectivity index (χ0) is 11.4. The Balaban J connectivity index is 0. The molecule has 108 valence electrons. The van der Waals surface area contributed by atoms with Gasteiger partial charge in [0.15, 0.2) is 0 Å². The third-order valence-electron chi connectivity index (χ3n) is 2.71. The van der Waals surface area contributed by atoms with Gasteiger partial charge in [-0.15, -0.1) is 36.2 Å². The molecule has 0 fully saturated rings. The first-order valence-corrected chi connectivity index (χ1v) is 6.23. The van der Waals surface area contributed by atoms with Crippen molar-refractivity contribution >= 4 is 41.8 Å². The summed E-state index contributed by atoms with van der Waals surface area (Å²) in [5, 5.41) is 5.44. The summed E-state index contributed by atoms with van der Waals surface area (Å²) >= 11 is 1.78. The van der Waals surface area contributed by atoms with Crippen LogP contribution in [0.15, 0.2) is 41.8 Å². The highest BCUT2D eigenvalue weighted by atomic mass is 35.5. The Morgan fingerprint density at radius 3 is 2.37 bits per heavy atom. The first kappa shape index (κ1) is 20.5. The van der Waals surface area contributed by atoms with Gasteiger partial charge in [-0.3, -0.25) is 0 Å². The summed E-state index contributed by atoms with van der Waals surface area (Å²) in [4.78, 5) is 1.35. The van der Waals surface area contributed by atoms with Crippen LogP contribution in [0.25, 0.3) is 0 Å². The average molecular weight is 323 g/mol. The molecule has 19 heavy (non-hydrogen) atoms. The van der Waals surface area contributed by atoms with E-state index in [1.807, 2.05) is 25.2 Å². The van der Waals surface area contributed by atoms with Crippen molar-refractivity contribution in [3.63, 3.8) is 0 Å². The zero-order valence-electron chi connectivity index (χ0n) is 10.6. The van der Waals surface area contributed by atoms with Crippen molar-refractivity contribution in [2.24, 2.45) is 0 Å². The maximum atomic E-state index is 5.95. The number of hydrogen-bond acceptors (Lipinski definition) is 3. The van der Waals surface area contributed by atoms with Gasteiger partial charge in [0.2, 0.25) is 0 Å². The molecule has 0 aliphatic rings. The molecule has 0 spiro atoms. The van der Waals surface area contributed by atoms with Gasteiger partial charge in [0.1, 0.15) is 0 Å². The van der Waals surface area contributed by atoms with Crippen LogP contribution < -0.4 is 11.1 Å². The molecule has 1 atom stereocenters. The molecule has 0 aliphatic heterocycles. The molecular formula is C13H20Cl2N2OS. The number of para-hydroxylation sites is 1. The minimum absolute atomic E-state index is 0. The molecule has 5 N–H and O–H groups in total. The second-order valence-electron chi connectivity index (χ2n) is 3.76. The normalized spacial score (nSPS) is 10.6. The zero-order valence-corrected chi connectivity index (χ0v) is 13.1. The van der Waals surface area contributed by atoms with E-state index in [1.54, 1.807) is 11.3 Å². The molecular weight excluding hydrogens is 303 g/mol. The predicted octanol–water partition coefficient (Wildman–Crippen LogP) is 2.85. The number of anilines is 1. The van der Waals surface area contributed by atoms with E-state index in [1.165, 1.54) is 10.4 Å². The summed E-state index contributed by atoms with van der Waals surface area (Å²) in [5.74, 6) is 0. The summed E-state index contributed by atoms with van der Waals surface area (Å²) in [6, 6.07) is 12.6. The minimum atomic E-state index is 0. The standard InChI is InChI=1S/C13H16N2S.2ClH.H2O/c1-15-12(13-7-4-8-16-13)9-10-5-2-3-6-11(10)14;;;/h2-8,12,15H,9,14H2,1H3;2*1H;1H2. The maximum absolute atomic E-state index is 5.95. The predicted molar refractivity (Wildman–Crippen MR) is 88.8 cm³/mol. The molecule has 2 rings (SSSR count). The Morgan fingerprint density at radius 2 is 1.84 bits per heavy atom. The Labute approximate surface area is 130 Å². The van der Waals surface area contributed by atoms with E-state index in [2.05, 4.69) is 28.9 Å². The third-order valence-corrected chi connectivity index (χ3v) is 3.70. The Bertz CT molecular complexity index is 452. The van der Waals surface area contributed by atoms with E-state index >= 15 is 0 Å². The number of halogens is 2. The van der Waals surface area contributed by atoms with Crippen molar-refractivity contribution in [1.82, 2.24) is 5.32 Å². The highest BCUT2D eigenvalue weighted by molar-refractivity contribution is 7.10. The first-order chi connectivity index (χ1) is 7.81. The molecule has 0 aliphatic carbocycles. The number of likely N-dealkylation sites (N-methyl/N-ethyl adjacent to an activating group) is 1. The summed E-state index contributed by atoms with van der Waals surface area (Å²) < 4.78 is 0. The second kappa shape index (κ2) is 10.1. The molecule has 1 heterocycles. The lowest BCUT2D eigenvalue weighted by atomic mass is 10.0. The highest BCUT2D eigenvalue weighted by Crippen LogP contribution is 2.24. The Kier molecular flexibility index (Phi) is 10.9. The lowest BCUT2D eigenvalue weighted by Crippen LogP contribution is -2.18. The molecule has 3 nitrogen and oxygen atoms in total. The van der Waals surface area contributed by atoms with Crippen molar-refractivity contribution in [3.8, 4) is 0 Å². The molecule has 1 unspecified atom stereocenters. The van der Waals surface area contributed by atoms with Crippen molar-refractivity contribution in [2.75, 3.05) is 12.8 Å². The number of hydrogen-bond donors (Lipinski definition) is 2. The SMILES string of the molecule is CNC(Cc1ccccc1N)c1cccs1.Cl.Cl.O. The van der Waals surface area contributed by atoms with Crippen LogP contribution in [0.4, 0.5) is 5.69 Å². The largest absolute Gasteiger partial charge is 0.412 e. The lowest BCUT2D eigenvalue weighted by Gasteiger charge is -2.15. The lowest BCUT2D eigenvalue weighted by molar-refractivity contribution is 0.603. The van der Waals surface area contributed by atoms with Crippen LogP contribution >= 0.6 is 36.2 Å². The number of nitrogens with two attached hydrogens (primary N) is 1. The Morgan fingerprint density at radius 1 is 1.16 bits per heavy atom. The monoisotopic (exact) mass is 322 g/mol. The van der Waals surface area contributed by atoms with Gasteiger partial charge >= 0.3 is 0 Å². The van der Waals surface area contributed by atoms with Crippen LogP contribution in [-0.2, 0) is 6.42 Å². The number of nitrogen functional groups attached to an aromatic ring is 1. The van der Waals surface area contributed by atoms with Gasteiger partial charge in [-0.2, -0.15) is 0 Å². The van der Waals surface area contributed by atoms with E-state index in [4.69, 9.17) is 5.73 Å². The summed E-state index contributed by atoms with van der Waals surface area (Å²) in [7, 11) is 1.99. The van der Waals surface area contributed by atoms with Crippen LogP contribution in [-0.4, -0.2) is 12.5 Å². The number of nitrogens with one attached hydrogen (secondary N) is 1. The van der Waals surface area contributed by atoms with Crippen molar-refractivity contribution in [3.05, 3.63) is 52.2 Å². The molecule has 6 heteroatoms. The van der Waals surface area contributed by atoms with Crippen LogP contribution in [0.2, 0.25) is 0 Å². The number of benzene rings is 1. The van der Waals surface area contributed by atoms with Gasteiger partial charge in [0.05, 0.1) is 0 Å². The van der Waals surface area contributed by atoms with Gasteiger partial charge in [-0.25, -0.2) is 0 Å². The highest BCUT2D eigenvalue weighted by Gasteiger charge is 2.12.